The Morgan fingerprint density at radius 2 is 1.71 bits per heavy atom. The Balaban J connectivity index is 1.32. The smallest absolute Gasteiger partial charge is 0.225 e. The topological polar surface area (TPSA) is 78.5 Å². The van der Waals surface area contributed by atoms with Crippen LogP contribution in [-0.2, 0) is 20.9 Å². The van der Waals surface area contributed by atoms with E-state index in [-0.39, 0.29) is 30.1 Å². The molecule has 1 atom stereocenters. The van der Waals surface area contributed by atoms with Gasteiger partial charge in [-0.15, -0.1) is 0 Å². The number of nitrogens with one attached hydrogen (secondary N) is 2. The van der Waals surface area contributed by atoms with Crippen LogP contribution in [-0.4, -0.2) is 42.3 Å². The fourth-order valence-corrected chi connectivity index (χ4v) is 4.16. The minimum atomic E-state index is -0.311. The predicted octanol–water partition coefficient (Wildman–Crippen LogP) is 2.24. The van der Waals surface area contributed by atoms with Crippen molar-refractivity contribution in [3.63, 3.8) is 0 Å². The lowest BCUT2D eigenvalue weighted by molar-refractivity contribution is -0.129. The molecule has 1 aromatic rings. The molecule has 1 saturated heterocycles. The summed E-state index contributed by atoms with van der Waals surface area (Å²) < 4.78 is 0. The summed E-state index contributed by atoms with van der Waals surface area (Å²) in [5.41, 5.74) is 1.07. The van der Waals surface area contributed by atoms with Crippen LogP contribution >= 0.6 is 0 Å². The predicted molar refractivity (Wildman–Crippen MR) is 107 cm³/mol. The van der Waals surface area contributed by atoms with Crippen molar-refractivity contribution in [2.45, 2.75) is 51.5 Å². The molecule has 2 fully saturated rings. The van der Waals surface area contributed by atoms with E-state index in [0.29, 0.717) is 38.5 Å². The van der Waals surface area contributed by atoms with Crippen LogP contribution in [0.1, 0.15) is 50.5 Å². The third kappa shape index (κ3) is 6.08. The second kappa shape index (κ2) is 10.2. The Bertz CT molecular complexity index is 671. The van der Waals surface area contributed by atoms with Gasteiger partial charge in [-0.05, 0) is 24.3 Å². The summed E-state index contributed by atoms with van der Waals surface area (Å²) in [5, 5.41) is 5.75. The Labute approximate surface area is 167 Å². The highest BCUT2D eigenvalue weighted by Crippen LogP contribution is 2.26. The minimum Gasteiger partial charge on any atom is -0.354 e. The summed E-state index contributed by atoms with van der Waals surface area (Å²) in [7, 11) is 0. The third-order valence-electron chi connectivity index (χ3n) is 5.75. The van der Waals surface area contributed by atoms with E-state index in [1.807, 2.05) is 30.3 Å². The van der Waals surface area contributed by atoms with Gasteiger partial charge in [0.2, 0.25) is 17.7 Å². The zero-order chi connectivity index (χ0) is 19.8. The average Bonchev–Trinajstić information content (AvgIpc) is 3.07. The lowest BCUT2D eigenvalue weighted by Crippen LogP contribution is -2.38. The van der Waals surface area contributed by atoms with Crippen molar-refractivity contribution >= 4 is 17.7 Å². The summed E-state index contributed by atoms with van der Waals surface area (Å²) in [6.07, 6.45) is 6.91. The molecule has 1 aromatic carbocycles. The molecule has 0 bridgehead atoms. The molecule has 2 aliphatic rings. The first-order chi connectivity index (χ1) is 13.6. The minimum absolute atomic E-state index is 0.0183. The molecule has 1 aliphatic carbocycles. The second-order valence-corrected chi connectivity index (χ2v) is 8.01. The van der Waals surface area contributed by atoms with Gasteiger partial charge in [-0.2, -0.15) is 0 Å². The average molecular weight is 386 g/mol. The van der Waals surface area contributed by atoms with Crippen LogP contribution in [0, 0.1) is 11.8 Å². The van der Waals surface area contributed by atoms with Gasteiger partial charge in [0.15, 0.2) is 0 Å². The van der Waals surface area contributed by atoms with E-state index in [1.54, 1.807) is 4.90 Å². The number of likely N-dealkylation sites (tertiary alicyclic amines) is 1. The summed E-state index contributed by atoms with van der Waals surface area (Å²) in [4.78, 5) is 38.3. The van der Waals surface area contributed by atoms with Crippen molar-refractivity contribution in [3.8, 4) is 0 Å². The molecule has 1 heterocycles. The molecular weight excluding hydrogens is 354 g/mol. The van der Waals surface area contributed by atoms with Crippen LogP contribution in [0.25, 0.3) is 0 Å². The van der Waals surface area contributed by atoms with E-state index in [2.05, 4.69) is 10.6 Å². The monoisotopic (exact) mass is 385 g/mol. The zero-order valence-electron chi connectivity index (χ0n) is 16.5. The third-order valence-corrected chi connectivity index (χ3v) is 5.75. The summed E-state index contributed by atoms with van der Waals surface area (Å²) in [6, 6.07) is 9.80. The standard InChI is InChI=1S/C22H31N3O3/c26-20(13-17-7-3-1-4-8-17)23-11-12-24-22(28)19-14-21(27)25(16-19)15-18-9-5-2-6-10-18/h2,5-6,9-10,17,19H,1,3-4,7-8,11-16H2,(H,23,26)(H,24,28). The van der Waals surface area contributed by atoms with Gasteiger partial charge in [0.25, 0.3) is 0 Å². The number of carbonyl (C=O) groups excluding carboxylic acids is 3. The number of carbonyl (C=O) groups is 3. The number of nitrogens with zero attached hydrogens (tertiary/aromatic N) is 1. The van der Waals surface area contributed by atoms with Gasteiger partial charge >= 0.3 is 0 Å². The highest BCUT2D eigenvalue weighted by molar-refractivity contribution is 5.89. The molecule has 2 N–H and O–H groups in total. The molecule has 6 nitrogen and oxygen atoms in total. The van der Waals surface area contributed by atoms with E-state index in [1.165, 1.54) is 19.3 Å². The molecule has 1 saturated carbocycles. The van der Waals surface area contributed by atoms with Gasteiger partial charge in [-0.25, -0.2) is 0 Å². The Morgan fingerprint density at radius 3 is 2.46 bits per heavy atom. The molecule has 1 unspecified atom stereocenters. The maximum Gasteiger partial charge on any atom is 0.225 e. The van der Waals surface area contributed by atoms with E-state index in [4.69, 9.17) is 0 Å². The van der Waals surface area contributed by atoms with E-state index >= 15 is 0 Å². The zero-order valence-corrected chi connectivity index (χ0v) is 16.5. The number of hydrogen-bond acceptors (Lipinski definition) is 3. The fourth-order valence-electron chi connectivity index (χ4n) is 4.16. The number of rotatable bonds is 8. The number of amides is 3. The van der Waals surface area contributed by atoms with Gasteiger partial charge in [-0.3, -0.25) is 14.4 Å². The number of hydrogen-bond donors (Lipinski definition) is 2. The molecule has 0 radical (unpaired) electrons. The maximum atomic E-state index is 12.3. The first kappa shape index (κ1) is 20.4. The maximum absolute atomic E-state index is 12.3. The fraction of sp³-hybridized carbons (Fsp3) is 0.591. The van der Waals surface area contributed by atoms with Crippen LogP contribution in [0.5, 0.6) is 0 Å². The Kier molecular flexibility index (Phi) is 7.46. The Morgan fingerprint density at radius 1 is 1.00 bits per heavy atom. The van der Waals surface area contributed by atoms with Gasteiger partial charge in [0.05, 0.1) is 5.92 Å². The van der Waals surface area contributed by atoms with Gasteiger partial charge in [-0.1, -0.05) is 49.6 Å². The van der Waals surface area contributed by atoms with Crippen molar-refractivity contribution in [3.05, 3.63) is 35.9 Å². The first-order valence-electron chi connectivity index (χ1n) is 10.5. The van der Waals surface area contributed by atoms with Crippen molar-refractivity contribution < 1.29 is 14.4 Å². The van der Waals surface area contributed by atoms with Gasteiger partial charge < -0.3 is 15.5 Å². The highest BCUT2D eigenvalue weighted by atomic mass is 16.2. The van der Waals surface area contributed by atoms with Crippen molar-refractivity contribution in [1.29, 1.82) is 0 Å². The lowest BCUT2D eigenvalue weighted by Gasteiger charge is -2.20. The molecule has 0 spiro atoms. The van der Waals surface area contributed by atoms with Crippen LogP contribution in [0.15, 0.2) is 30.3 Å². The Hall–Kier alpha value is -2.37. The van der Waals surface area contributed by atoms with Crippen LogP contribution in [0.4, 0.5) is 0 Å². The second-order valence-electron chi connectivity index (χ2n) is 8.01. The van der Waals surface area contributed by atoms with E-state index in [9.17, 15) is 14.4 Å². The highest BCUT2D eigenvalue weighted by Gasteiger charge is 2.34. The summed E-state index contributed by atoms with van der Waals surface area (Å²) in [6.45, 7) is 1.83. The van der Waals surface area contributed by atoms with Gasteiger partial charge in [0.1, 0.15) is 0 Å². The first-order valence-corrected chi connectivity index (χ1v) is 10.5. The van der Waals surface area contributed by atoms with Crippen molar-refractivity contribution in [2.75, 3.05) is 19.6 Å². The molecule has 3 rings (SSSR count). The normalized spacial score (nSPS) is 20.2. The summed E-state index contributed by atoms with van der Waals surface area (Å²) in [5.74, 6) is 0.194. The van der Waals surface area contributed by atoms with Crippen molar-refractivity contribution in [2.24, 2.45) is 11.8 Å². The molecular formula is C22H31N3O3. The summed E-state index contributed by atoms with van der Waals surface area (Å²) >= 11 is 0. The molecule has 28 heavy (non-hydrogen) atoms. The van der Waals surface area contributed by atoms with Crippen LogP contribution in [0.3, 0.4) is 0 Å². The molecule has 6 heteroatoms. The SMILES string of the molecule is O=C(CC1CCCCC1)NCCNC(=O)C1CC(=O)N(Cc2ccccc2)C1. The van der Waals surface area contributed by atoms with Crippen molar-refractivity contribution in [1.82, 2.24) is 15.5 Å². The lowest BCUT2D eigenvalue weighted by atomic mass is 9.87. The van der Waals surface area contributed by atoms with Gasteiger partial charge in [0, 0.05) is 39.0 Å². The van der Waals surface area contributed by atoms with Crippen LogP contribution < -0.4 is 10.6 Å². The van der Waals surface area contributed by atoms with Crippen LogP contribution in [0.2, 0.25) is 0 Å². The largest absolute Gasteiger partial charge is 0.354 e. The molecule has 152 valence electrons. The van der Waals surface area contributed by atoms with E-state index in [0.717, 1.165) is 18.4 Å². The molecule has 0 aromatic heterocycles. The van der Waals surface area contributed by atoms with E-state index < -0.39 is 0 Å². The quantitative estimate of drug-likeness (QED) is 0.674. The number of benzene rings is 1. The molecule has 1 aliphatic heterocycles. The molecule has 3 amide bonds.